The van der Waals surface area contributed by atoms with Crippen LogP contribution in [0.25, 0.3) is 0 Å². The van der Waals surface area contributed by atoms with Crippen molar-refractivity contribution in [3.63, 3.8) is 0 Å². The number of aryl methyl sites for hydroxylation is 1. The van der Waals surface area contributed by atoms with E-state index >= 15 is 0 Å². The van der Waals surface area contributed by atoms with Crippen molar-refractivity contribution in [1.29, 1.82) is 0 Å². The first kappa shape index (κ1) is 14.0. The molecule has 7 heteroatoms. The number of likely N-dealkylation sites (tertiary alicyclic amines) is 1. The second-order valence-electron chi connectivity index (χ2n) is 5.04. The number of carbonyl (C=O) groups is 1. The Morgan fingerprint density at radius 3 is 2.68 bits per heavy atom. The third-order valence-electron chi connectivity index (χ3n) is 3.52. The van der Waals surface area contributed by atoms with Gasteiger partial charge in [-0.05, 0) is 26.8 Å². The quantitative estimate of drug-likeness (QED) is 0.784. The van der Waals surface area contributed by atoms with Crippen LogP contribution in [0.4, 0.5) is 0 Å². The fraction of sp³-hybridized carbons (Fsp3) is 0.583. The highest BCUT2D eigenvalue weighted by molar-refractivity contribution is 7.80. The number of nitrogens with zero attached hydrogens (tertiary/aromatic N) is 2. The highest BCUT2D eigenvalue weighted by atomic mass is 32.1. The summed E-state index contributed by atoms with van der Waals surface area (Å²) in [6, 6.07) is 1.59. The van der Waals surface area contributed by atoms with Crippen LogP contribution in [-0.2, 0) is 0 Å². The maximum atomic E-state index is 12.1. The second-order valence-corrected chi connectivity index (χ2v) is 5.48. The smallest absolute Gasteiger partial charge is 0.290 e. The lowest BCUT2D eigenvalue weighted by molar-refractivity contribution is 0.0853. The standard InChI is InChI=1S/C12H18N4O2S/c1-8-7-9(18-15-8)10(17)14-12(11(13)19)3-5-16(2)6-4-12/h7H,3-6H2,1-2H3,(H2,13,19)(H,14,17). The maximum Gasteiger partial charge on any atom is 0.290 e. The van der Waals surface area contributed by atoms with Crippen molar-refractivity contribution in [2.75, 3.05) is 20.1 Å². The predicted molar refractivity (Wildman–Crippen MR) is 75.0 cm³/mol. The number of nitrogens with one attached hydrogen (secondary N) is 1. The predicted octanol–water partition coefficient (Wildman–Crippen LogP) is 0.463. The van der Waals surface area contributed by atoms with Crippen LogP contribution >= 0.6 is 12.2 Å². The molecule has 6 nitrogen and oxygen atoms in total. The van der Waals surface area contributed by atoms with Crippen molar-refractivity contribution in [1.82, 2.24) is 15.4 Å². The second kappa shape index (κ2) is 5.26. The van der Waals surface area contributed by atoms with E-state index in [1.54, 1.807) is 13.0 Å². The summed E-state index contributed by atoms with van der Waals surface area (Å²) < 4.78 is 4.96. The zero-order valence-corrected chi connectivity index (χ0v) is 11.9. The molecule has 0 bridgehead atoms. The van der Waals surface area contributed by atoms with Crippen LogP contribution in [0.5, 0.6) is 0 Å². The zero-order valence-electron chi connectivity index (χ0n) is 11.1. The van der Waals surface area contributed by atoms with Gasteiger partial charge in [-0.15, -0.1) is 0 Å². The number of hydrogen-bond donors (Lipinski definition) is 2. The summed E-state index contributed by atoms with van der Waals surface area (Å²) in [5, 5.41) is 6.62. The SMILES string of the molecule is Cc1cc(C(=O)NC2(C(N)=S)CCN(C)CC2)on1. The van der Waals surface area contributed by atoms with Crippen molar-refractivity contribution in [3.05, 3.63) is 17.5 Å². The molecule has 104 valence electrons. The van der Waals surface area contributed by atoms with Crippen LogP contribution in [-0.4, -0.2) is 46.6 Å². The molecule has 1 aliphatic rings. The van der Waals surface area contributed by atoms with E-state index in [1.165, 1.54) is 0 Å². The van der Waals surface area contributed by atoms with Crippen molar-refractivity contribution in [2.24, 2.45) is 5.73 Å². The van der Waals surface area contributed by atoms with Gasteiger partial charge in [0.15, 0.2) is 0 Å². The van der Waals surface area contributed by atoms with E-state index in [4.69, 9.17) is 22.5 Å². The molecule has 1 amide bonds. The van der Waals surface area contributed by atoms with Gasteiger partial charge in [0.1, 0.15) is 0 Å². The van der Waals surface area contributed by atoms with E-state index in [-0.39, 0.29) is 11.7 Å². The molecule has 1 aromatic rings. The Balaban J connectivity index is 2.13. The first-order chi connectivity index (χ1) is 8.93. The number of piperidine rings is 1. The third-order valence-corrected chi connectivity index (χ3v) is 3.91. The largest absolute Gasteiger partial charge is 0.391 e. The molecule has 2 rings (SSSR count). The van der Waals surface area contributed by atoms with E-state index in [9.17, 15) is 4.79 Å². The van der Waals surface area contributed by atoms with Gasteiger partial charge in [0.05, 0.1) is 16.2 Å². The Hall–Kier alpha value is -1.47. The third kappa shape index (κ3) is 2.93. The molecule has 0 radical (unpaired) electrons. The minimum Gasteiger partial charge on any atom is -0.391 e. The van der Waals surface area contributed by atoms with Crippen LogP contribution in [0.2, 0.25) is 0 Å². The lowest BCUT2D eigenvalue weighted by Crippen LogP contribution is -2.61. The van der Waals surface area contributed by atoms with Crippen molar-refractivity contribution in [3.8, 4) is 0 Å². The Morgan fingerprint density at radius 1 is 1.58 bits per heavy atom. The van der Waals surface area contributed by atoms with Gasteiger partial charge in [0.2, 0.25) is 5.76 Å². The molecule has 2 heterocycles. The van der Waals surface area contributed by atoms with E-state index < -0.39 is 5.54 Å². The molecule has 1 fully saturated rings. The summed E-state index contributed by atoms with van der Waals surface area (Å²) in [6.45, 7) is 3.44. The van der Waals surface area contributed by atoms with Gasteiger partial charge in [-0.1, -0.05) is 17.4 Å². The summed E-state index contributed by atoms with van der Waals surface area (Å²) in [7, 11) is 2.03. The highest BCUT2D eigenvalue weighted by Gasteiger charge is 2.38. The molecule has 0 saturated carbocycles. The van der Waals surface area contributed by atoms with E-state index in [1.807, 2.05) is 7.05 Å². The molecular weight excluding hydrogens is 264 g/mol. The normalized spacial score (nSPS) is 19.1. The minimum atomic E-state index is -0.625. The van der Waals surface area contributed by atoms with Crippen molar-refractivity contribution >= 4 is 23.1 Å². The lowest BCUT2D eigenvalue weighted by atomic mass is 9.87. The molecule has 0 aliphatic carbocycles. The summed E-state index contributed by atoms with van der Waals surface area (Å²) in [4.78, 5) is 14.6. The number of carbonyl (C=O) groups excluding carboxylic acids is 1. The molecule has 19 heavy (non-hydrogen) atoms. The van der Waals surface area contributed by atoms with E-state index in [0.717, 1.165) is 13.1 Å². The average Bonchev–Trinajstić information content (AvgIpc) is 2.79. The molecular formula is C12H18N4O2S. The van der Waals surface area contributed by atoms with Gasteiger partial charge in [-0.25, -0.2) is 0 Å². The van der Waals surface area contributed by atoms with Gasteiger partial charge >= 0.3 is 0 Å². The van der Waals surface area contributed by atoms with Crippen LogP contribution < -0.4 is 11.1 Å². The Morgan fingerprint density at radius 2 is 2.21 bits per heavy atom. The monoisotopic (exact) mass is 282 g/mol. The minimum absolute atomic E-state index is 0.187. The van der Waals surface area contributed by atoms with Gasteiger partial charge < -0.3 is 20.5 Å². The number of thiocarbonyl (C=S) groups is 1. The fourth-order valence-electron chi connectivity index (χ4n) is 2.18. The molecule has 0 spiro atoms. The van der Waals surface area contributed by atoms with Gasteiger partial charge in [-0.3, -0.25) is 4.79 Å². The Bertz CT molecular complexity index is 492. The lowest BCUT2D eigenvalue weighted by Gasteiger charge is -2.40. The summed E-state index contributed by atoms with van der Waals surface area (Å²) >= 11 is 5.14. The maximum absolute atomic E-state index is 12.1. The topological polar surface area (TPSA) is 84.4 Å². The Labute approximate surface area is 117 Å². The molecule has 1 saturated heterocycles. The van der Waals surface area contributed by atoms with Gasteiger partial charge in [-0.2, -0.15) is 0 Å². The van der Waals surface area contributed by atoms with Crippen LogP contribution in [0.15, 0.2) is 10.6 Å². The van der Waals surface area contributed by atoms with Crippen molar-refractivity contribution < 1.29 is 9.32 Å². The first-order valence-electron chi connectivity index (χ1n) is 6.17. The fourth-order valence-corrected chi connectivity index (χ4v) is 2.44. The Kier molecular flexibility index (Phi) is 3.86. The van der Waals surface area contributed by atoms with Gasteiger partial charge in [0.25, 0.3) is 5.91 Å². The summed E-state index contributed by atoms with van der Waals surface area (Å²) in [5.74, 6) is -0.134. The van der Waals surface area contributed by atoms with Crippen LogP contribution in [0.3, 0.4) is 0 Å². The summed E-state index contributed by atoms with van der Waals surface area (Å²) in [5.41, 5.74) is 5.87. The van der Waals surface area contributed by atoms with Crippen LogP contribution in [0.1, 0.15) is 29.1 Å². The number of nitrogens with two attached hydrogens (primary N) is 1. The molecule has 0 atom stereocenters. The van der Waals surface area contributed by atoms with Gasteiger partial charge in [0, 0.05) is 19.2 Å². The first-order valence-corrected chi connectivity index (χ1v) is 6.58. The number of aromatic nitrogens is 1. The number of amides is 1. The average molecular weight is 282 g/mol. The summed E-state index contributed by atoms with van der Waals surface area (Å²) in [6.07, 6.45) is 1.41. The zero-order chi connectivity index (χ0) is 14.0. The van der Waals surface area contributed by atoms with E-state index in [0.29, 0.717) is 23.5 Å². The molecule has 1 aliphatic heterocycles. The molecule has 1 aromatic heterocycles. The van der Waals surface area contributed by atoms with Crippen molar-refractivity contribution in [2.45, 2.75) is 25.3 Å². The van der Waals surface area contributed by atoms with E-state index in [2.05, 4.69) is 15.4 Å². The molecule has 3 N–H and O–H groups in total. The highest BCUT2D eigenvalue weighted by Crippen LogP contribution is 2.23. The number of rotatable bonds is 3. The molecule has 0 unspecified atom stereocenters. The number of hydrogen-bond acceptors (Lipinski definition) is 5. The van der Waals surface area contributed by atoms with Crippen LogP contribution in [0, 0.1) is 6.92 Å². The molecule has 0 aromatic carbocycles.